The van der Waals surface area contributed by atoms with Crippen molar-refractivity contribution in [1.29, 1.82) is 0 Å². The summed E-state index contributed by atoms with van der Waals surface area (Å²) in [6.45, 7) is 4.33. The van der Waals surface area contributed by atoms with Gasteiger partial charge in [-0.25, -0.2) is 9.78 Å². The molecule has 2 heterocycles. The van der Waals surface area contributed by atoms with Crippen LogP contribution in [0.2, 0.25) is 0 Å². The second-order valence-corrected chi connectivity index (χ2v) is 6.84. The number of carbonyl (C=O) groups is 2. The second-order valence-electron chi connectivity index (χ2n) is 6.84. The van der Waals surface area contributed by atoms with Crippen molar-refractivity contribution in [3.8, 4) is 0 Å². The Balaban J connectivity index is 1.48. The number of hydrogen-bond acceptors (Lipinski definition) is 3. The predicted octanol–water partition coefficient (Wildman–Crippen LogP) is 2.63. The SMILES string of the molecule is CCc1nccn1CCC(=O)N1CC[C@@H](Cc2ccc(C(=O)O)cc2)C1. The lowest BCUT2D eigenvalue weighted by Crippen LogP contribution is -2.29. The highest BCUT2D eigenvalue weighted by Gasteiger charge is 2.26. The van der Waals surface area contributed by atoms with Gasteiger partial charge in [-0.05, 0) is 36.5 Å². The third kappa shape index (κ3) is 4.31. The van der Waals surface area contributed by atoms with Crippen LogP contribution in [0.4, 0.5) is 0 Å². The number of carbonyl (C=O) groups excluding carboxylic acids is 1. The number of amides is 1. The van der Waals surface area contributed by atoms with Crippen LogP contribution in [0.1, 0.15) is 41.5 Å². The number of likely N-dealkylation sites (tertiary alicyclic amines) is 1. The predicted molar refractivity (Wildman–Crippen MR) is 98.0 cm³/mol. The summed E-state index contributed by atoms with van der Waals surface area (Å²) >= 11 is 0. The van der Waals surface area contributed by atoms with Crippen LogP contribution in [0.25, 0.3) is 0 Å². The zero-order chi connectivity index (χ0) is 18.5. The van der Waals surface area contributed by atoms with Crippen LogP contribution >= 0.6 is 0 Å². The third-order valence-electron chi connectivity index (χ3n) is 5.05. The summed E-state index contributed by atoms with van der Waals surface area (Å²) in [5.74, 6) is 0.749. The normalized spacial score (nSPS) is 16.8. The summed E-state index contributed by atoms with van der Waals surface area (Å²) in [6.07, 6.45) is 6.96. The van der Waals surface area contributed by atoms with Gasteiger partial charge in [0.25, 0.3) is 0 Å². The summed E-state index contributed by atoms with van der Waals surface area (Å²) in [7, 11) is 0. The first kappa shape index (κ1) is 18.2. The highest BCUT2D eigenvalue weighted by atomic mass is 16.4. The van der Waals surface area contributed by atoms with E-state index < -0.39 is 5.97 Å². The maximum Gasteiger partial charge on any atom is 0.335 e. The van der Waals surface area contributed by atoms with Gasteiger partial charge in [-0.1, -0.05) is 19.1 Å². The number of aryl methyl sites for hydroxylation is 2. The number of nitrogens with zero attached hydrogens (tertiary/aromatic N) is 3. The summed E-state index contributed by atoms with van der Waals surface area (Å²) < 4.78 is 2.05. The number of benzene rings is 1. The van der Waals surface area contributed by atoms with Crippen LogP contribution in [0.15, 0.2) is 36.7 Å². The number of carboxylic acids is 1. The molecule has 1 fully saturated rings. The van der Waals surface area contributed by atoms with E-state index in [-0.39, 0.29) is 5.91 Å². The van der Waals surface area contributed by atoms with Gasteiger partial charge >= 0.3 is 5.97 Å². The van der Waals surface area contributed by atoms with Gasteiger partial charge in [-0.2, -0.15) is 0 Å². The number of aromatic nitrogens is 2. The molecule has 1 atom stereocenters. The van der Waals surface area contributed by atoms with E-state index >= 15 is 0 Å². The Morgan fingerprint density at radius 3 is 2.73 bits per heavy atom. The molecule has 6 heteroatoms. The molecule has 1 aromatic carbocycles. The van der Waals surface area contributed by atoms with Gasteiger partial charge in [-0.15, -0.1) is 0 Å². The van der Waals surface area contributed by atoms with Crippen LogP contribution < -0.4 is 0 Å². The third-order valence-corrected chi connectivity index (χ3v) is 5.05. The molecule has 0 spiro atoms. The van der Waals surface area contributed by atoms with E-state index in [1.54, 1.807) is 18.3 Å². The summed E-state index contributed by atoms with van der Waals surface area (Å²) in [5, 5.41) is 8.96. The van der Waals surface area contributed by atoms with Gasteiger partial charge in [0.05, 0.1) is 5.56 Å². The van der Waals surface area contributed by atoms with Gasteiger partial charge < -0.3 is 14.6 Å². The van der Waals surface area contributed by atoms with Crippen LogP contribution in [0.5, 0.6) is 0 Å². The summed E-state index contributed by atoms with van der Waals surface area (Å²) in [5.41, 5.74) is 1.43. The average molecular weight is 355 g/mol. The van der Waals surface area contributed by atoms with Crippen LogP contribution in [-0.4, -0.2) is 44.5 Å². The standard InChI is InChI=1S/C20H25N3O3/c1-2-18-21-9-12-22(18)11-8-19(24)23-10-7-16(14-23)13-15-3-5-17(6-4-15)20(25)26/h3-6,9,12,16H,2,7-8,10-11,13-14H2,1H3,(H,25,26)/t16-/m0/s1. The highest BCUT2D eigenvalue weighted by Crippen LogP contribution is 2.22. The number of hydrogen-bond donors (Lipinski definition) is 1. The fraction of sp³-hybridized carbons (Fsp3) is 0.450. The molecule has 26 heavy (non-hydrogen) atoms. The molecule has 0 unspecified atom stereocenters. The van der Waals surface area contributed by atoms with Crippen LogP contribution in [0.3, 0.4) is 0 Å². The molecule has 1 N–H and O–H groups in total. The molecule has 1 amide bonds. The van der Waals surface area contributed by atoms with E-state index in [1.165, 1.54) is 0 Å². The maximum atomic E-state index is 12.5. The van der Waals surface area contributed by atoms with Gasteiger partial charge in [0.1, 0.15) is 5.82 Å². The van der Waals surface area contributed by atoms with Gasteiger partial charge in [-0.3, -0.25) is 4.79 Å². The zero-order valence-electron chi connectivity index (χ0n) is 15.1. The van der Waals surface area contributed by atoms with Crippen molar-refractivity contribution < 1.29 is 14.7 Å². The Morgan fingerprint density at radius 2 is 2.04 bits per heavy atom. The summed E-state index contributed by atoms with van der Waals surface area (Å²) in [4.78, 5) is 29.6. The van der Waals surface area contributed by atoms with E-state index in [2.05, 4.69) is 16.5 Å². The number of carboxylic acid groups (broad SMARTS) is 1. The highest BCUT2D eigenvalue weighted by molar-refractivity contribution is 5.87. The minimum atomic E-state index is -0.904. The number of imidazole rings is 1. The van der Waals surface area contributed by atoms with E-state index in [4.69, 9.17) is 5.11 Å². The lowest BCUT2D eigenvalue weighted by Gasteiger charge is -2.17. The van der Waals surface area contributed by atoms with E-state index in [1.807, 2.05) is 23.2 Å². The number of aromatic carboxylic acids is 1. The van der Waals surface area contributed by atoms with Crippen molar-refractivity contribution in [3.05, 3.63) is 53.6 Å². The Bertz CT molecular complexity index is 767. The van der Waals surface area contributed by atoms with Crippen molar-refractivity contribution in [2.24, 2.45) is 5.92 Å². The van der Waals surface area contributed by atoms with Gasteiger partial charge in [0, 0.05) is 44.9 Å². The Labute approximate surface area is 153 Å². The maximum absolute atomic E-state index is 12.5. The van der Waals surface area contributed by atoms with Gasteiger partial charge in [0.15, 0.2) is 0 Å². The minimum Gasteiger partial charge on any atom is -0.478 e. The Hall–Kier alpha value is -2.63. The van der Waals surface area contributed by atoms with E-state index in [0.717, 1.165) is 43.7 Å². The molecule has 0 radical (unpaired) electrons. The average Bonchev–Trinajstić information content (AvgIpc) is 3.29. The summed E-state index contributed by atoms with van der Waals surface area (Å²) in [6, 6.07) is 7.04. The first-order chi connectivity index (χ1) is 12.6. The largest absolute Gasteiger partial charge is 0.478 e. The fourth-order valence-electron chi connectivity index (χ4n) is 3.57. The monoisotopic (exact) mass is 355 g/mol. The van der Waals surface area contributed by atoms with Crippen molar-refractivity contribution in [3.63, 3.8) is 0 Å². The van der Waals surface area contributed by atoms with E-state index in [0.29, 0.717) is 24.4 Å². The lowest BCUT2D eigenvalue weighted by molar-refractivity contribution is -0.130. The molecule has 1 aliphatic heterocycles. The first-order valence-corrected chi connectivity index (χ1v) is 9.16. The Kier molecular flexibility index (Phi) is 5.71. The second kappa shape index (κ2) is 8.17. The van der Waals surface area contributed by atoms with Crippen LogP contribution in [-0.2, 0) is 24.2 Å². The fourth-order valence-corrected chi connectivity index (χ4v) is 3.57. The molecule has 0 aliphatic carbocycles. The molecule has 6 nitrogen and oxygen atoms in total. The quantitative estimate of drug-likeness (QED) is 0.828. The number of rotatable bonds is 7. The first-order valence-electron chi connectivity index (χ1n) is 9.16. The molecule has 1 saturated heterocycles. The van der Waals surface area contributed by atoms with Crippen molar-refractivity contribution in [2.45, 2.75) is 39.2 Å². The zero-order valence-corrected chi connectivity index (χ0v) is 15.1. The topological polar surface area (TPSA) is 75.4 Å². The molecule has 1 aromatic heterocycles. The molecule has 138 valence electrons. The molecule has 0 bridgehead atoms. The molecular formula is C20H25N3O3. The smallest absolute Gasteiger partial charge is 0.335 e. The van der Waals surface area contributed by atoms with Crippen molar-refractivity contribution in [1.82, 2.24) is 14.5 Å². The van der Waals surface area contributed by atoms with Crippen molar-refractivity contribution >= 4 is 11.9 Å². The molecular weight excluding hydrogens is 330 g/mol. The van der Waals surface area contributed by atoms with Crippen LogP contribution in [0, 0.1) is 5.92 Å². The minimum absolute atomic E-state index is 0.199. The van der Waals surface area contributed by atoms with Crippen molar-refractivity contribution in [2.75, 3.05) is 13.1 Å². The molecule has 1 aliphatic rings. The van der Waals surface area contributed by atoms with E-state index in [9.17, 15) is 9.59 Å². The molecule has 0 saturated carbocycles. The molecule has 2 aromatic rings. The lowest BCUT2D eigenvalue weighted by atomic mass is 9.98. The van der Waals surface area contributed by atoms with Gasteiger partial charge in [0.2, 0.25) is 5.91 Å². The Morgan fingerprint density at radius 1 is 1.27 bits per heavy atom. The molecule has 3 rings (SSSR count).